The number of hydrogen-bond donors (Lipinski definition) is 1. The Labute approximate surface area is 167 Å². The van der Waals surface area contributed by atoms with Gasteiger partial charge < -0.3 is 15.0 Å². The number of amides is 1. The summed E-state index contributed by atoms with van der Waals surface area (Å²) >= 11 is 0. The lowest BCUT2D eigenvalue weighted by Crippen LogP contribution is -2.49. The number of nitrogens with two attached hydrogens (primary N) is 1. The molecule has 2 aliphatic heterocycles. The molecule has 6 nitrogen and oxygen atoms in total. The van der Waals surface area contributed by atoms with Crippen LogP contribution in [0.5, 0.6) is 0 Å². The molecule has 2 N–H and O–H groups in total. The maximum Gasteiger partial charge on any atom is 0.237 e. The molecule has 0 saturated carbocycles. The molecule has 0 bridgehead atoms. The summed E-state index contributed by atoms with van der Waals surface area (Å²) < 4.78 is 7.59. The van der Waals surface area contributed by atoms with Gasteiger partial charge in [-0.2, -0.15) is 0 Å². The molecule has 3 heterocycles. The van der Waals surface area contributed by atoms with Gasteiger partial charge >= 0.3 is 0 Å². The van der Waals surface area contributed by atoms with Crippen LogP contribution >= 0.6 is 0 Å². The van der Waals surface area contributed by atoms with E-state index in [9.17, 15) is 4.79 Å². The second kappa shape index (κ2) is 8.64. The first kappa shape index (κ1) is 19.4. The number of nitrogens with zero attached hydrogens (tertiary/aromatic N) is 3. The molecular formula is C22H32N4O2. The molecule has 0 aliphatic carbocycles. The summed E-state index contributed by atoms with van der Waals surface area (Å²) in [5.74, 6) is -0.293. The topological polar surface area (TPSA) is 63.7 Å². The Hall–Kier alpha value is -1.89. The van der Waals surface area contributed by atoms with Gasteiger partial charge in [-0.3, -0.25) is 14.6 Å². The number of morpholine rings is 1. The number of para-hydroxylation sites is 1. The Kier molecular flexibility index (Phi) is 5.99. The van der Waals surface area contributed by atoms with Gasteiger partial charge in [0.25, 0.3) is 0 Å². The van der Waals surface area contributed by atoms with E-state index in [-0.39, 0.29) is 12.5 Å². The van der Waals surface area contributed by atoms with Crippen LogP contribution in [0.25, 0.3) is 10.9 Å². The lowest BCUT2D eigenvalue weighted by Gasteiger charge is -2.39. The quantitative estimate of drug-likeness (QED) is 0.829. The number of primary amides is 1. The molecule has 4 rings (SSSR count). The van der Waals surface area contributed by atoms with E-state index >= 15 is 0 Å². The summed E-state index contributed by atoms with van der Waals surface area (Å²) in [4.78, 5) is 16.8. The number of carbonyl (C=O) groups is 1. The van der Waals surface area contributed by atoms with Crippen molar-refractivity contribution in [2.24, 2.45) is 5.73 Å². The molecule has 2 fully saturated rings. The molecule has 0 unspecified atom stereocenters. The Morgan fingerprint density at radius 2 is 1.96 bits per heavy atom. The lowest BCUT2D eigenvalue weighted by molar-refractivity contribution is -0.118. The van der Waals surface area contributed by atoms with Crippen molar-refractivity contribution in [1.29, 1.82) is 0 Å². The number of hydrogen-bond acceptors (Lipinski definition) is 4. The van der Waals surface area contributed by atoms with Gasteiger partial charge in [0.15, 0.2) is 0 Å². The van der Waals surface area contributed by atoms with Gasteiger partial charge in [-0.25, -0.2) is 0 Å². The van der Waals surface area contributed by atoms with E-state index in [0.717, 1.165) is 57.1 Å². The molecular weight excluding hydrogens is 352 g/mol. The van der Waals surface area contributed by atoms with Crippen LogP contribution in [0.4, 0.5) is 0 Å². The third-order valence-corrected chi connectivity index (χ3v) is 6.36. The summed E-state index contributed by atoms with van der Waals surface area (Å²) in [5.41, 5.74) is 9.13. The molecule has 2 aromatic rings. The van der Waals surface area contributed by atoms with E-state index < -0.39 is 0 Å². The molecule has 0 spiro atoms. The number of ether oxygens (including phenoxy) is 1. The second-order valence-electron chi connectivity index (χ2n) is 8.17. The van der Waals surface area contributed by atoms with Crippen LogP contribution in [0.3, 0.4) is 0 Å². The highest BCUT2D eigenvalue weighted by atomic mass is 16.5. The van der Waals surface area contributed by atoms with Crippen molar-refractivity contribution < 1.29 is 9.53 Å². The molecule has 1 atom stereocenters. The number of piperidine rings is 1. The van der Waals surface area contributed by atoms with E-state index in [1.165, 1.54) is 30.2 Å². The average Bonchev–Trinajstić information content (AvgIpc) is 2.96. The molecule has 152 valence electrons. The largest absolute Gasteiger partial charge is 0.379 e. The van der Waals surface area contributed by atoms with Gasteiger partial charge in [0.1, 0.15) is 6.54 Å². The van der Waals surface area contributed by atoms with Crippen molar-refractivity contribution in [2.75, 3.05) is 39.4 Å². The molecule has 0 radical (unpaired) electrons. The number of rotatable bonds is 6. The highest BCUT2D eigenvalue weighted by molar-refractivity contribution is 5.87. The monoisotopic (exact) mass is 384 g/mol. The normalized spacial score (nSPS) is 22.0. The molecule has 1 amide bonds. The second-order valence-corrected chi connectivity index (χ2v) is 8.17. The van der Waals surface area contributed by atoms with Gasteiger partial charge in [-0.15, -0.1) is 0 Å². The summed E-state index contributed by atoms with van der Waals surface area (Å²) in [6.45, 7) is 9.36. The number of carbonyl (C=O) groups excluding carboxylic acids is 1. The van der Waals surface area contributed by atoms with Crippen molar-refractivity contribution >= 4 is 16.8 Å². The van der Waals surface area contributed by atoms with E-state index in [1.54, 1.807) is 0 Å². The minimum absolute atomic E-state index is 0.240. The Bertz CT molecular complexity index is 825. The average molecular weight is 385 g/mol. The third kappa shape index (κ3) is 4.09. The molecule has 28 heavy (non-hydrogen) atoms. The van der Waals surface area contributed by atoms with Crippen molar-refractivity contribution in [2.45, 2.75) is 45.3 Å². The van der Waals surface area contributed by atoms with Crippen LogP contribution in [0, 0.1) is 6.92 Å². The third-order valence-electron chi connectivity index (χ3n) is 6.36. The Morgan fingerprint density at radius 1 is 1.18 bits per heavy atom. The van der Waals surface area contributed by atoms with Gasteiger partial charge in [0.2, 0.25) is 5.91 Å². The van der Waals surface area contributed by atoms with E-state index in [0.29, 0.717) is 6.04 Å². The van der Waals surface area contributed by atoms with E-state index in [2.05, 4.69) is 39.5 Å². The van der Waals surface area contributed by atoms with Gasteiger partial charge in [-0.1, -0.05) is 24.6 Å². The minimum Gasteiger partial charge on any atom is -0.379 e. The summed E-state index contributed by atoms with van der Waals surface area (Å²) in [7, 11) is 0. The van der Waals surface area contributed by atoms with Gasteiger partial charge in [0, 0.05) is 48.8 Å². The van der Waals surface area contributed by atoms with Gasteiger partial charge in [0.05, 0.1) is 13.2 Å². The van der Waals surface area contributed by atoms with Crippen LogP contribution < -0.4 is 5.73 Å². The maximum absolute atomic E-state index is 11.6. The highest BCUT2D eigenvalue weighted by Crippen LogP contribution is 2.29. The summed E-state index contributed by atoms with van der Waals surface area (Å²) in [6.07, 6.45) is 3.84. The zero-order valence-corrected chi connectivity index (χ0v) is 16.9. The zero-order valence-electron chi connectivity index (χ0n) is 16.9. The standard InChI is InChI=1S/C22H32N4O2/c1-17-20(19-7-2-3-8-21(19)26(17)16-22(23)27)15-25-9-5-4-6-18(25)14-24-10-12-28-13-11-24/h2-3,7-8,18H,4-6,9-16H2,1H3,(H2,23,27)/t18-/m1/s1. The first-order valence-electron chi connectivity index (χ1n) is 10.5. The van der Waals surface area contributed by atoms with Crippen LogP contribution in [-0.4, -0.2) is 65.7 Å². The fraction of sp³-hybridized carbons (Fsp3) is 0.591. The Morgan fingerprint density at radius 3 is 2.75 bits per heavy atom. The maximum atomic E-state index is 11.6. The van der Waals surface area contributed by atoms with E-state index in [4.69, 9.17) is 10.5 Å². The predicted octanol–water partition coefficient (Wildman–Crippen LogP) is 2.12. The number of likely N-dealkylation sites (tertiary alicyclic amines) is 1. The van der Waals surface area contributed by atoms with Crippen LogP contribution in [0.15, 0.2) is 24.3 Å². The fourth-order valence-electron chi connectivity index (χ4n) is 4.82. The molecule has 2 saturated heterocycles. The number of fused-ring (bicyclic) bond motifs is 1. The van der Waals surface area contributed by atoms with Crippen molar-refractivity contribution in [3.8, 4) is 0 Å². The SMILES string of the molecule is Cc1c(CN2CCCC[C@@H]2CN2CCOCC2)c2ccccc2n1CC(N)=O. The molecule has 6 heteroatoms. The van der Waals surface area contributed by atoms with Crippen LogP contribution in [0.1, 0.15) is 30.5 Å². The fourth-order valence-corrected chi connectivity index (χ4v) is 4.82. The van der Waals surface area contributed by atoms with Crippen molar-refractivity contribution in [1.82, 2.24) is 14.4 Å². The van der Waals surface area contributed by atoms with Crippen LogP contribution in [-0.2, 0) is 22.6 Å². The number of aromatic nitrogens is 1. The highest BCUT2D eigenvalue weighted by Gasteiger charge is 2.27. The van der Waals surface area contributed by atoms with Gasteiger partial charge in [-0.05, 0) is 37.9 Å². The van der Waals surface area contributed by atoms with Crippen LogP contribution in [0.2, 0.25) is 0 Å². The summed E-state index contributed by atoms with van der Waals surface area (Å²) in [5, 5.41) is 1.25. The number of benzene rings is 1. The van der Waals surface area contributed by atoms with Crippen molar-refractivity contribution in [3.05, 3.63) is 35.5 Å². The smallest absolute Gasteiger partial charge is 0.237 e. The Balaban J connectivity index is 1.58. The van der Waals surface area contributed by atoms with Crippen molar-refractivity contribution in [3.63, 3.8) is 0 Å². The minimum atomic E-state index is -0.293. The first-order valence-corrected chi connectivity index (χ1v) is 10.5. The lowest BCUT2D eigenvalue weighted by atomic mass is 9.99. The molecule has 1 aromatic carbocycles. The summed E-state index contributed by atoms with van der Waals surface area (Å²) in [6, 6.07) is 8.98. The van der Waals surface area contributed by atoms with E-state index in [1.807, 2.05) is 6.07 Å². The predicted molar refractivity (Wildman–Crippen MR) is 111 cm³/mol. The molecule has 1 aromatic heterocycles. The first-order chi connectivity index (χ1) is 13.6. The molecule has 2 aliphatic rings. The zero-order chi connectivity index (χ0) is 19.5.